The van der Waals surface area contributed by atoms with Crippen LogP contribution in [-0.2, 0) is 49.1 Å². The monoisotopic (exact) mass is 878 g/mol. The number of carbonyl (C=O) groups is 2. The highest BCUT2D eigenvalue weighted by atomic mass is 16.6. The molecule has 8 aromatic rings. The van der Waals surface area contributed by atoms with Gasteiger partial charge >= 0.3 is 11.9 Å². The number of hydrogen-bond acceptors (Lipinski definition) is 10. The molecular weight excluding hydrogens is 833 g/mol. The van der Waals surface area contributed by atoms with E-state index in [1.807, 2.05) is 182 Å². The molecule has 1 N–H and O–H groups in total. The molecule has 330 valence electrons. The Morgan fingerprint density at radius 2 is 0.682 bits per heavy atom. The number of carbonyl (C=O) groups excluding carboxylic acids is 2. The average Bonchev–Trinajstić information content (AvgIpc) is 3.37. The van der Waals surface area contributed by atoms with Gasteiger partial charge in [-0.15, -0.1) is 0 Å². The summed E-state index contributed by atoms with van der Waals surface area (Å²) in [6.07, 6.45) is 0. The van der Waals surface area contributed by atoms with Crippen LogP contribution in [0, 0.1) is 0 Å². The molecule has 0 heterocycles. The quantitative estimate of drug-likeness (QED) is 0.0741. The summed E-state index contributed by atoms with van der Waals surface area (Å²) in [4.78, 5) is 28.4. The van der Waals surface area contributed by atoms with E-state index >= 15 is 0 Å². The van der Waals surface area contributed by atoms with Crippen molar-refractivity contribution in [1.82, 2.24) is 0 Å². The van der Waals surface area contributed by atoms with Gasteiger partial charge < -0.3 is 38.3 Å². The average molecular weight is 879 g/mol. The first-order valence-corrected chi connectivity index (χ1v) is 21.3. The Bertz CT molecular complexity index is 2800. The van der Waals surface area contributed by atoms with Crippen LogP contribution >= 0.6 is 0 Å². The van der Waals surface area contributed by atoms with Crippen molar-refractivity contribution in [2.75, 3.05) is 0 Å². The third-order valence-electron chi connectivity index (χ3n) is 10.2. The second kappa shape index (κ2) is 22.2. The number of aromatic hydroxyl groups is 1. The zero-order valence-electron chi connectivity index (χ0n) is 35.9. The third-order valence-corrected chi connectivity index (χ3v) is 10.2. The second-order valence-corrected chi connectivity index (χ2v) is 15.1. The molecule has 0 saturated heterocycles. The molecule has 0 spiro atoms. The summed E-state index contributed by atoms with van der Waals surface area (Å²) in [6.45, 7) is 0.168. The minimum absolute atomic E-state index is 0.00687. The maximum absolute atomic E-state index is 14.4. The molecule has 0 radical (unpaired) electrons. The van der Waals surface area contributed by atoms with Crippen molar-refractivity contribution >= 4 is 11.9 Å². The number of phenols is 1. The lowest BCUT2D eigenvalue weighted by Gasteiger charge is -2.22. The van der Waals surface area contributed by atoms with Crippen LogP contribution in [0.15, 0.2) is 200 Å². The second-order valence-electron chi connectivity index (χ2n) is 15.1. The van der Waals surface area contributed by atoms with E-state index in [4.69, 9.17) is 33.2 Å². The van der Waals surface area contributed by atoms with Crippen LogP contribution in [0.4, 0.5) is 0 Å². The molecule has 0 bridgehead atoms. The zero-order chi connectivity index (χ0) is 45.3. The van der Waals surface area contributed by atoms with Gasteiger partial charge in [-0.05, 0) is 45.5 Å². The number of esters is 2. The maximum Gasteiger partial charge on any atom is 0.342 e. The van der Waals surface area contributed by atoms with Crippen molar-refractivity contribution in [1.29, 1.82) is 0 Å². The fourth-order valence-corrected chi connectivity index (χ4v) is 6.78. The van der Waals surface area contributed by atoms with Gasteiger partial charge in [0.2, 0.25) is 17.2 Å². The van der Waals surface area contributed by atoms with Crippen molar-refractivity contribution in [2.24, 2.45) is 0 Å². The van der Waals surface area contributed by atoms with Crippen molar-refractivity contribution in [3.05, 3.63) is 245 Å². The van der Waals surface area contributed by atoms with Gasteiger partial charge in [0.25, 0.3) is 0 Å². The predicted molar refractivity (Wildman–Crippen MR) is 249 cm³/mol. The largest absolute Gasteiger partial charge is 0.502 e. The zero-order valence-corrected chi connectivity index (χ0v) is 35.9. The topological polar surface area (TPSA) is 119 Å². The van der Waals surface area contributed by atoms with Gasteiger partial charge in [0.05, 0.1) is 5.56 Å². The molecule has 0 atom stereocenters. The Morgan fingerprint density at radius 1 is 0.348 bits per heavy atom. The SMILES string of the molecule is O=C(OCc1ccccc1)c1cc(OCc2ccccc2)c(OCc2ccccc2)c(Oc2c(C(=O)OCc3ccccc3)cc(OCc3ccccc3)c(OCc3ccccc3)c2O)c1. The van der Waals surface area contributed by atoms with Gasteiger partial charge in [-0.2, -0.15) is 0 Å². The van der Waals surface area contributed by atoms with E-state index < -0.39 is 17.7 Å². The molecule has 10 heteroatoms. The van der Waals surface area contributed by atoms with Crippen LogP contribution < -0.4 is 23.7 Å². The first-order chi connectivity index (χ1) is 32.5. The Hall–Kier alpha value is -8.50. The molecule has 8 rings (SSSR count). The molecule has 0 aliphatic rings. The highest BCUT2D eigenvalue weighted by Crippen LogP contribution is 2.51. The molecule has 66 heavy (non-hydrogen) atoms. The van der Waals surface area contributed by atoms with Crippen molar-refractivity contribution < 1.29 is 47.9 Å². The Labute approximate surface area is 383 Å². The van der Waals surface area contributed by atoms with E-state index in [1.165, 1.54) is 18.2 Å². The van der Waals surface area contributed by atoms with Gasteiger partial charge in [-0.25, -0.2) is 9.59 Å². The van der Waals surface area contributed by atoms with E-state index in [1.54, 1.807) is 0 Å². The summed E-state index contributed by atoms with van der Waals surface area (Å²) in [7, 11) is 0. The van der Waals surface area contributed by atoms with Gasteiger partial charge in [-0.3, -0.25) is 0 Å². The molecular formula is C56H46O10. The van der Waals surface area contributed by atoms with E-state index in [9.17, 15) is 14.7 Å². The van der Waals surface area contributed by atoms with Crippen molar-refractivity contribution in [2.45, 2.75) is 39.6 Å². The normalized spacial score (nSPS) is 10.7. The lowest BCUT2D eigenvalue weighted by molar-refractivity contribution is 0.0459. The van der Waals surface area contributed by atoms with E-state index in [-0.39, 0.29) is 85.3 Å². The first-order valence-electron chi connectivity index (χ1n) is 21.3. The summed E-state index contributed by atoms with van der Waals surface area (Å²) in [5, 5.41) is 12.4. The fraction of sp³-hybridized carbons (Fsp3) is 0.107. The molecule has 0 aromatic heterocycles. The van der Waals surface area contributed by atoms with Crippen LogP contribution in [-0.4, -0.2) is 17.0 Å². The Morgan fingerprint density at radius 3 is 1.11 bits per heavy atom. The highest BCUT2D eigenvalue weighted by molar-refractivity contribution is 5.96. The predicted octanol–water partition coefficient (Wildman–Crippen LogP) is 12.2. The first kappa shape index (κ1) is 44.1. The molecule has 0 saturated carbocycles. The molecule has 10 nitrogen and oxygen atoms in total. The summed E-state index contributed by atoms with van der Waals surface area (Å²) in [5.41, 5.74) is 4.68. The highest BCUT2D eigenvalue weighted by Gasteiger charge is 2.30. The summed E-state index contributed by atoms with van der Waals surface area (Å²) in [5.74, 6) is -2.36. The molecule has 0 aliphatic carbocycles. The van der Waals surface area contributed by atoms with E-state index in [0.29, 0.717) is 0 Å². The molecule has 0 amide bonds. The standard InChI is InChI=1S/C56H46O10/c57-51-52(47(56(59)65-39-45-29-17-6-18-30-45)33-49(61-35-41-21-9-2-10-22-41)54(51)63-37-43-25-13-4-14-26-43)66-50-32-46(55(58)64-38-44-27-15-5-16-28-44)31-48(60-34-40-19-7-1-8-20-40)53(50)62-36-42-23-11-3-12-24-42/h1-33,57H,34-39H2. The summed E-state index contributed by atoms with van der Waals surface area (Å²) >= 11 is 0. The van der Waals surface area contributed by atoms with Crippen molar-refractivity contribution in [3.63, 3.8) is 0 Å². The lowest BCUT2D eigenvalue weighted by atomic mass is 10.1. The van der Waals surface area contributed by atoms with Crippen LogP contribution in [0.2, 0.25) is 0 Å². The van der Waals surface area contributed by atoms with Gasteiger partial charge in [0.15, 0.2) is 23.0 Å². The Balaban J connectivity index is 1.26. The minimum atomic E-state index is -0.839. The van der Waals surface area contributed by atoms with E-state index in [0.717, 1.165) is 33.4 Å². The summed E-state index contributed by atoms with van der Waals surface area (Å²) in [6, 6.07) is 60.6. The van der Waals surface area contributed by atoms with Crippen LogP contribution in [0.1, 0.15) is 54.1 Å². The molecule has 8 aromatic carbocycles. The number of ether oxygens (including phenoxy) is 7. The summed E-state index contributed by atoms with van der Waals surface area (Å²) < 4.78 is 43.9. The van der Waals surface area contributed by atoms with Crippen molar-refractivity contribution in [3.8, 4) is 40.2 Å². The smallest absolute Gasteiger partial charge is 0.342 e. The van der Waals surface area contributed by atoms with Gasteiger partial charge in [0, 0.05) is 6.07 Å². The Kier molecular flexibility index (Phi) is 14.9. The van der Waals surface area contributed by atoms with Crippen LogP contribution in [0.5, 0.6) is 40.2 Å². The van der Waals surface area contributed by atoms with Crippen LogP contribution in [0.3, 0.4) is 0 Å². The molecule has 0 unspecified atom stereocenters. The number of benzene rings is 8. The van der Waals surface area contributed by atoms with E-state index in [2.05, 4.69) is 0 Å². The fourth-order valence-electron chi connectivity index (χ4n) is 6.78. The third kappa shape index (κ3) is 11.9. The molecule has 0 fully saturated rings. The minimum Gasteiger partial charge on any atom is -0.502 e. The number of phenolic OH excluding ortho intramolecular Hbond substituents is 1. The maximum atomic E-state index is 14.4. The molecule has 0 aliphatic heterocycles. The lowest BCUT2D eigenvalue weighted by Crippen LogP contribution is -2.11. The van der Waals surface area contributed by atoms with Gasteiger partial charge in [0.1, 0.15) is 45.2 Å². The number of rotatable bonds is 20. The van der Waals surface area contributed by atoms with Gasteiger partial charge in [-0.1, -0.05) is 182 Å². The van der Waals surface area contributed by atoms with Crippen LogP contribution in [0.25, 0.3) is 0 Å². The number of hydrogen-bond donors (Lipinski definition) is 1.